The van der Waals surface area contributed by atoms with Crippen LogP contribution in [-0.2, 0) is 9.59 Å². The van der Waals surface area contributed by atoms with E-state index in [0.717, 1.165) is 23.1 Å². The molecule has 4 amide bonds. The lowest BCUT2D eigenvalue weighted by Crippen LogP contribution is -2.54. The van der Waals surface area contributed by atoms with E-state index in [1.807, 2.05) is 6.92 Å². The van der Waals surface area contributed by atoms with Crippen LogP contribution in [0.5, 0.6) is 17.2 Å². The monoisotopic (exact) mass is 674 g/mol. The van der Waals surface area contributed by atoms with Crippen molar-refractivity contribution >= 4 is 72.8 Å². The Labute approximate surface area is 241 Å². The second-order valence-electron chi connectivity index (χ2n) is 7.97. The Morgan fingerprint density at radius 1 is 0.950 bits per heavy atom. The fourth-order valence-corrected chi connectivity index (χ4v) is 5.02. The lowest BCUT2D eigenvalue weighted by molar-refractivity contribution is -0.394. The SMILES string of the molecule is CCOc1ccc(N2C(=O)NC(=O)/C(=C\c3cc(Br)c(Oc4ccc([N+](=O)[O-])cc4[N+](=O)[O-])c(Br)c3)C2=O)cc1. The highest BCUT2D eigenvalue weighted by Gasteiger charge is 2.37. The first-order valence-electron chi connectivity index (χ1n) is 11.2. The second kappa shape index (κ2) is 11.6. The minimum Gasteiger partial charge on any atom is -0.494 e. The maximum Gasteiger partial charge on any atom is 0.335 e. The van der Waals surface area contributed by atoms with Gasteiger partial charge in [0.2, 0.25) is 5.75 Å². The molecule has 4 rings (SSSR count). The number of barbiturate groups is 1. The molecule has 40 heavy (non-hydrogen) atoms. The van der Waals surface area contributed by atoms with Crippen molar-refractivity contribution in [3.8, 4) is 17.2 Å². The summed E-state index contributed by atoms with van der Waals surface area (Å²) in [7, 11) is 0. The number of urea groups is 1. The number of rotatable bonds is 8. The lowest BCUT2D eigenvalue weighted by atomic mass is 10.1. The number of ether oxygens (including phenoxy) is 2. The minimum atomic E-state index is -0.910. The van der Waals surface area contributed by atoms with Gasteiger partial charge in [-0.25, -0.2) is 9.69 Å². The average Bonchev–Trinajstić information content (AvgIpc) is 2.89. The summed E-state index contributed by atoms with van der Waals surface area (Å²) >= 11 is 6.61. The van der Waals surface area contributed by atoms with Gasteiger partial charge in [0.1, 0.15) is 11.3 Å². The van der Waals surface area contributed by atoms with E-state index in [4.69, 9.17) is 9.47 Å². The van der Waals surface area contributed by atoms with Crippen LogP contribution in [-0.4, -0.2) is 34.3 Å². The molecule has 15 heteroatoms. The molecule has 0 spiro atoms. The van der Waals surface area contributed by atoms with Crippen LogP contribution in [0, 0.1) is 20.2 Å². The average molecular weight is 676 g/mol. The van der Waals surface area contributed by atoms with Crippen molar-refractivity contribution in [2.75, 3.05) is 11.5 Å². The number of benzene rings is 3. The number of hydrogen-bond acceptors (Lipinski definition) is 9. The Bertz CT molecular complexity index is 1580. The molecule has 0 aromatic heterocycles. The number of nitro benzene ring substituents is 2. The number of carbonyl (C=O) groups is 3. The van der Waals surface area contributed by atoms with E-state index in [2.05, 4.69) is 37.2 Å². The van der Waals surface area contributed by atoms with Gasteiger partial charge in [-0.2, -0.15) is 0 Å². The highest BCUT2D eigenvalue weighted by Crippen LogP contribution is 2.42. The molecule has 3 aromatic rings. The third-order valence-corrected chi connectivity index (χ3v) is 6.58. The zero-order valence-electron chi connectivity index (χ0n) is 20.3. The van der Waals surface area contributed by atoms with Gasteiger partial charge in [0.05, 0.1) is 37.2 Å². The summed E-state index contributed by atoms with van der Waals surface area (Å²) in [6, 6.07) is 11.2. The van der Waals surface area contributed by atoms with E-state index in [1.54, 1.807) is 12.1 Å². The first kappa shape index (κ1) is 28.4. The van der Waals surface area contributed by atoms with E-state index in [0.29, 0.717) is 17.9 Å². The lowest BCUT2D eigenvalue weighted by Gasteiger charge is -2.26. The van der Waals surface area contributed by atoms with Gasteiger partial charge in [-0.05, 0) is 92.9 Å². The summed E-state index contributed by atoms with van der Waals surface area (Å²) in [6.07, 6.45) is 1.26. The Balaban J connectivity index is 1.65. The molecular formula is C25H16Br2N4O9. The first-order valence-corrected chi connectivity index (χ1v) is 12.8. The van der Waals surface area contributed by atoms with Gasteiger partial charge in [-0.1, -0.05) is 0 Å². The summed E-state index contributed by atoms with van der Waals surface area (Å²) in [4.78, 5) is 59.9. The molecule has 1 saturated heterocycles. The van der Waals surface area contributed by atoms with Crippen molar-refractivity contribution in [2.45, 2.75) is 6.92 Å². The topological polar surface area (TPSA) is 171 Å². The number of nitro groups is 2. The molecule has 1 fully saturated rings. The van der Waals surface area contributed by atoms with Crippen molar-refractivity contribution in [1.82, 2.24) is 5.32 Å². The highest BCUT2D eigenvalue weighted by molar-refractivity contribution is 9.11. The predicted molar refractivity (Wildman–Crippen MR) is 148 cm³/mol. The molecule has 1 N–H and O–H groups in total. The summed E-state index contributed by atoms with van der Waals surface area (Å²) in [5.41, 5.74) is -0.869. The van der Waals surface area contributed by atoms with E-state index in [1.165, 1.54) is 30.3 Å². The van der Waals surface area contributed by atoms with Gasteiger partial charge < -0.3 is 9.47 Å². The number of non-ortho nitro benzene ring substituents is 1. The molecule has 0 aliphatic carbocycles. The van der Waals surface area contributed by atoms with E-state index in [-0.39, 0.29) is 31.7 Å². The normalized spacial score (nSPS) is 14.2. The van der Waals surface area contributed by atoms with Gasteiger partial charge in [0.25, 0.3) is 17.5 Å². The van der Waals surface area contributed by atoms with Crippen LogP contribution in [0.3, 0.4) is 0 Å². The largest absolute Gasteiger partial charge is 0.494 e. The molecule has 3 aromatic carbocycles. The smallest absolute Gasteiger partial charge is 0.335 e. The first-order chi connectivity index (χ1) is 19.0. The molecule has 0 bridgehead atoms. The quantitative estimate of drug-likeness (QED) is 0.132. The number of nitrogens with one attached hydrogen (secondary N) is 1. The molecule has 13 nitrogen and oxygen atoms in total. The van der Waals surface area contributed by atoms with E-state index < -0.39 is 39.1 Å². The van der Waals surface area contributed by atoms with Crippen LogP contribution in [0.15, 0.2) is 69.1 Å². The van der Waals surface area contributed by atoms with Crippen LogP contribution in [0.1, 0.15) is 12.5 Å². The highest BCUT2D eigenvalue weighted by atomic mass is 79.9. The third kappa shape index (κ3) is 5.84. The van der Waals surface area contributed by atoms with Gasteiger partial charge in [-0.15, -0.1) is 0 Å². The van der Waals surface area contributed by atoms with Crippen molar-refractivity contribution < 1.29 is 33.7 Å². The van der Waals surface area contributed by atoms with Crippen molar-refractivity contribution in [2.24, 2.45) is 0 Å². The number of halogens is 2. The predicted octanol–water partition coefficient (Wildman–Crippen LogP) is 5.89. The molecule has 0 atom stereocenters. The third-order valence-electron chi connectivity index (χ3n) is 5.40. The number of anilines is 1. The number of hydrogen-bond donors (Lipinski definition) is 1. The van der Waals surface area contributed by atoms with Gasteiger partial charge in [-0.3, -0.25) is 35.1 Å². The second-order valence-corrected chi connectivity index (χ2v) is 9.68. The number of nitrogens with zero attached hydrogens (tertiary/aromatic N) is 3. The van der Waals surface area contributed by atoms with Crippen molar-refractivity contribution in [3.63, 3.8) is 0 Å². The number of amides is 4. The zero-order chi connectivity index (χ0) is 29.1. The van der Waals surface area contributed by atoms with Gasteiger partial charge in [0.15, 0.2) is 5.75 Å². The Morgan fingerprint density at radius 2 is 1.60 bits per heavy atom. The molecule has 0 unspecified atom stereocenters. The van der Waals surface area contributed by atoms with Gasteiger partial charge in [0, 0.05) is 6.07 Å². The van der Waals surface area contributed by atoms with Crippen LogP contribution in [0.25, 0.3) is 6.08 Å². The van der Waals surface area contributed by atoms with Crippen molar-refractivity contribution in [1.29, 1.82) is 0 Å². The number of imide groups is 2. The van der Waals surface area contributed by atoms with Crippen LogP contribution in [0.2, 0.25) is 0 Å². The Hall–Kier alpha value is -4.63. The molecule has 1 aliphatic rings. The minimum absolute atomic E-state index is 0.0877. The molecule has 0 saturated carbocycles. The van der Waals surface area contributed by atoms with Crippen LogP contribution in [0.4, 0.5) is 21.9 Å². The Kier molecular flexibility index (Phi) is 8.25. The molecule has 0 radical (unpaired) electrons. The summed E-state index contributed by atoms with van der Waals surface area (Å²) in [5.74, 6) is -1.38. The van der Waals surface area contributed by atoms with Crippen LogP contribution >= 0.6 is 31.9 Å². The summed E-state index contributed by atoms with van der Waals surface area (Å²) in [5, 5.41) is 24.6. The summed E-state index contributed by atoms with van der Waals surface area (Å²) < 4.78 is 11.6. The molecular weight excluding hydrogens is 660 g/mol. The fourth-order valence-electron chi connectivity index (χ4n) is 3.64. The molecule has 1 aliphatic heterocycles. The van der Waals surface area contributed by atoms with E-state index in [9.17, 15) is 34.6 Å². The zero-order valence-corrected chi connectivity index (χ0v) is 23.4. The maximum absolute atomic E-state index is 13.2. The fraction of sp³-hybridized carbons (Fsp3) is 0.0800. The van der Waals surface area contributed by atoms with Crippen LogP contribution < -0.4 is 19.7 Å². The van der Waals surface area contributed by atoms with E-state index >= 15 is 0 Å². The number of carbonyl (C=O) groups excluding carboxylic acids is 3. The summed E-state index contributed by atoms with van der Waals surface area (Å²) in [6.45, 7) is 2.25. The van der Waals surface area contributed by atoms with Gasteiger partial charge >= 0.3 is 11.7 Å². The maximum atomic E-state index is 13.2. The Morgan fingerprint density at radius 3 is 2.17 bits per heavy atom. The van der Waals surface area contributed by atoms with Crippen molar-refractivity contribution in [3.05, 3.63) is 94.9 Å². The molecule has 1 heterocycles. The molecule has 204 valence electrons. The standard InChI is InChI=1S/C25H16Br2N4O9/c1-2-39-16-6-3-14(4-7-16)29-24(33)17(23(32)28-25(29)34)9-13-10-18(26)22(19(27)11-13)40-21-8-5-15(30(35)36)12-20(21)31(37)38/h3-12H,2H2,1H3,(H,28,32,34)/b17-9+.